The summed E-state index contributed by atoms with van der Waals surface area (Å²) in [7, 11) is 4.15. The van der Waals surface area contributed by atoms with E-state index >= 15 is 0 Å². The molecule has 0 unspecified atom stereocenters. The average molecular weight is 396 g/mol. The third-order valence-corrected chi connectivity index (χ3v) is 5.11. The number of nitrogens with zero attached hydrogens (tertiary/aromatic N) is 5. The third-order valence-electron chi connectivity index (χ3n) is 5.11. The maximum Gasteiger partial charge on any atom is 0.271 e. The third kappa shape index (κ3) is 5.64. The molecule has 0 N–H and O–H groups in total. The summed E-state index contributed by atoms with van der Waals surface area (Å²) in [5.74, 6) is 1.05. The minimum absolute atomic E-state index is 0. The highest BCUT2D eigenvalue weighted by atomic mass is 35.5. The molecule has 1 saturated heterocycles. The summed E-state index contributed by atoms with van der Waals surface area (Å²) in [6, 6.07) is 5.03. The molecule has 0 radical (unpaired) electrons. The number of benzene rings is 1. The zero-order valence-electron chi connectivity index (χ0n) is 16.3. The Morgan fingerprint density at radius 2 is 1.93 bits per heavy atom. The number of nitro groups is 1. The van der Waals surface area contributed by atoms with Crippen molar-refractivity contribution in [1.82, 2.24) is 19.4 Å². The van der Waals surface area contributed by atoms with Crippen LogP contribution in [0.1, 0.15) is 31.5 Å². The van der Waals surface area contributed by atoms with Gasteiger partial charge in [0, 0.05) is 31.6 Å². The van der Waals surface area contributed by atoms with E-state index in [-0.39, 0.29) is 23.0 Å². The maximum atomic E-state index is 11.1. The number of imidazole rings is 1. The van der Waals surface area contributed by atoms with E-state index in [4.69, 9.17) is 4.98 Å². The van der Waals surface area contributed by atoms with Crippen LogP contribution < -0.4 is 0 Å². The van der Waals surface area contributed by atoms with Gasteiger partial charge in [-0.25, -0.2) is 4.98 Å². The van der Waals surface area contributed by atoms with Crippen LogP contribution >= 0.6 is 12.4 Å². The van der Waals surface area contributed by atoms with Crippen molar-refractivity contribution in [2.24, 2.45) is 0 Å². The topological polar surface area (TPSA) is 67.4 Å². The predicted molar refractivity (Wildman–Crippen MR) is 111 cm³/mol. The second-order valence-electron chi connectivity index (χ2n) is 7.42. The summed E-state index contributed by atoms with van der Waals surface area (Å²) in [6.07, 6.45) is 5.83. The summed E-state index contributed by atoms with van der Waals surface area (Å²) in [4.78, 5) is 20.2. The van der Waals surface area contributed by atoms with Crippen molar-refractivity contribution in [1.29, 1.82) is 0 Å². The summed E-state index contributed by atoms with van der Waals surface area (Å²) in [5.41, 5.74) is 1.85. The van der Waals surface area contributed by atoms with Crippen LogP contribution in [0.15, 0.2) is 18.2 Å². The fourth-order valence-corrected chi connectivity index (χ4v) is 3.71. The van der Waals surface area contributed by atoms with Crippen LogP contribution in [-0.4, -0.2) is 64.5 Å². The van der Waals surface area contributed by atoms with E-state index in [1.54, 1.807) is 12.1 Å². The van der Waals surface area contributed by atoms with Crippen molar-refractivity contribution in [2.45, 2.75) is 38.6 Å². The van der Waals surface area contributed by atoms with E-state index < -0.39 is 0 Å². The average Bonchev–Trinajstić information content (AvgIpc) is 2.97. The van der Waals surface area contributed by atoms with Crippen LogP contribution in [0.25, 0.3) is 11.0 Å². The zero-order valence-corrected chi connectivity index (χ0v) is 17.1. The van der Waals surface area contributed by atoms with Crippen LogP contribution in [-0.2, 0) is 13.0 Å². The van der Waals surface area contributed by atoms with Gasteiger partial charge in [0.1, 0.15) is 5.82 Å². The van der Waals surface area contributed by atoms with Crippen LogP contribution in [0.5, 0.6) is 0 Å². The molecule has 1 aliphatic rings. The molecule has 1 aliphatic heterocycles. The first-order valence-electron chi connectivity index (χ1n) is 9.55. The van der Waals surface area contributed by atoms with E-state index in [1.165, 1.54) is 32.4 Å². The number of non-ortho nitro benzene ring substituents is 1. The van der Waals surface area contributed by atoms with Crippen LogP contribution in [0, 0.1) is 10.1 Å². The number of halogens is 1. The molecule has 150 valence electrons. The van der Waals surface area contributed by atoms with E-state index in [0.29, 0.717) is 0 Å². The maximum absolute atomic E-state index is 11.1. The van der Waals surface area contributed by atoms with Crippen molar-refractivity contribution in [3.05, 3.63) is 34.1 Å². The van der Waals surface area contributed by atoms with Gasteiger partial charge in [-0.3, -0.25) is 10.1 Å². The smallest absolute Gasteiger partial charge is 0.271 e. The SMILES string of the molecule is CN(C)CCCn1c(CCN2CCCCC2)nc2cc([N+](=O)[O-])ccc21.Cl. The standard InChI is InChI=1S/C19H29N5O2.ClH/c1-21(2)10-6-13-23-18-8-7-16(24(25)26)15-17(18)20-19(23)9-14-22-11-4-3-5-12-22;/h7-8,15H,3-6,9-14H2,1-2H3;1H. The largest absolute Gasteiger partial charge is 0.328 e. The Labute approximate surface area is 166 Å². The summed E-state index contributed by atoms with van der Waals surface area (Å²) in [5, 5.41) is 11.1. The molecule has 1 fully saturated rings. The quantitative estimate of drug-likeness (QED) is 0.506. The number of aryl methyl sites for hydroxylation is 1. The van der Waals surface area contributed by atoms with Gasteiger partial charge < -0.3 is 14.4 Å². The number of hydrogen-bond acceptors (Lipinski definition) is 5. The molecule has 2 aromatic rings. The van der Waals surface area contributed by atoms with Gasteiger partial charge in [-0.15, -0.1) is 12.4 Å². The highest BCUT2D eigenvalue weighted by Gasteiger charge is 2.16. The molecular weight excluding hydrogens is 366 g/mol. The molecule has 0 aliphatic carbocycles. The fourth-order valence-electron chi connectivity index (χ4n) is 3.71. The molecule has 3 rings (SSSR count). The van der Waals surface area contributed by atoms with Crippen molar-refractivity contribution in [3.8, 4) is 0 Å². The van der Waals surface area contributed by atoms with E-state index in [2.05, 4.69) is 28.5 Å². The van der Waals surface area contributed by atoms with Gasteiger partial charge in [0.05, 0.1) is 16.0 Å². The van der Waals surface area contributed by atoms with Gasteiger partial charge in [0.2, 0.25) is 0 Å². The number of likely N-dealkylation sites (tertiary alicyclic amines) is 1. The molecule has 27 heavy (non-hydrogen) atoms. The molecule has 7 nitrogen and oxygen atoms in total. The number of piperidine rings is 1. The Balaban J connectivity index is 0.00000261. The minimum atomic E-state index is -0.349. The molecule has 0 amide bonds. The number of rotatable bonds is 8. The predicted octanol–water partition coefficient (Wildman–Crippen LogP) is 3.35. The zero-order chi connectivity index (χ0) is 18.5. The minimum Gasteiger partial charge on any atom is -0.328 e. The molecule has 8 heteroatoms. The first kappa shape index (κ1) is 21.6. The number of fused-ring (bicyclic) bond motifs is 1. The molecule has 0 atom stereocenters. The van der Waals surface area contributed by atoms with Crippen molar-refractivity contribution in [3.63, 3.8) is 0 Å². The van der Waals surface area contributed by atoms with E-state index in [1.807, 2.05) is 6.07 Å². The normalized spacial score (nSPS) is 15.2. The number of nitro benzene ring substituents is 1. The van der Waals surface area contributed by atoms with Crippen LogP contribution in [0.3, 0.4) is 0 Å². The van der Waals surface area contributed by atoms with Crippen LogP contribution in [0.4, 0.5) is 5.69 Å². The highest BCUT2D eigenvalue weighted by Crippen LogP contribution is 2.23. The summed E-state index contributed by atoms with van der Waals surface area (Å²) < 4.78 is 2.26. The molecule has 1 aromatic carbocycles. The number of aromatic nitrogens is 2. The molecule has 2 heterocycles. The van der Waals surface area contributed by atoms with E-state index in [9.17, 15) is 10.1 Å². The van der Waals surface area contributed by atoms with Gasteiger partial charge >= 0.3 is 0 Å². The Morgan fingerprint density at radius 3 is 2.59 bits per heavy atom. The lowest BCUT2D eigenvalue weighted by atomic mass is 10.1. The first-order chi connectivity index (χ1) is 12.5. The van der Waals surface area contributed by atoms with Crippen molar-refractivity contribution < 1.29 is 4.92 Å². The summed E-state index contributed by atoms with van der Waals surface area (Å²) >= 11 is 0. The Hall–Kier alpha value is -1.70. The van der Waals surface area contributed by atoms with E-state index in [0.717, 1.165) is 49.3 Å². The second kappa shape index (κ2) is 10.0. The molecule has 0 saturated carbocycles. The van der Waals surface area contributed by atoms with Crippen molar-refractivity contribution in [2.75, 3.05) is 40.3 Å². The van der Waals surface area contributed by atoms with Crippen molar-refractivity contribution >= 4 is 29.1 Å². The van der Waals surface area contributed by atoms with Gasteiger partial charge in [0.15, 0.2) is 0 Å². The molecular formula is C19H30ClN5O2. The highest BCUT2D eigenvalue weighted by molar-refractivity contribution is 5.85. The second-order valence-corrected chi connectivity index (χ2v) is 7.42. The van der Waals surface area contributed by atoms with Gasteiger partial charge in [-0.1, -0.05) is 6.42 Å². The molecule has 0 spiro atoms. The first-order valence-corrected chi connectivity index (χ1v) is 9.55. The van der Waals surface area contributed by atoms with Gasteiger partial charge in [-0.05, 0) is 59.1 Å². The lowest BCUT2D eigenvalue weighted by molar-refractivity contribution is -0.384. The molecule has 0 bridgehead atoms. The summed E-state index contributed by atoms with van der Waals surface area (Å²) in [6.45, 7) is 5.26. The fraction of sp³-hybridized carbons (Fsp3) is 0.632. The lowest BCUT2D eigenvalue weighted by Gasteiger charge is -2.26. The Kier molecular flexibility index (Phi) is 8.01. The monoisotopic (exact) mass is 395 g/mol. The Bertz CT molecular complexity index is 756. The van der Waals surface area contributed by atoms with Gasteiger partial charge in [0.25, 0.3) is 5.69 Å². The van der Waals surface area contributed by atoms with Gasteiger partial charge in [-0.2, -0.15) is 0 Å². The Morgan fingerprint density at radius 1 is 1.19 bits per heavy atom. The number of hydrogen-bond donors (Lipinski definition) is 0. The van der Waals surface area contributed by atoms with Crippen LogP contribution in [0.2, 0.25) is 0 Å². The molecule has 1 aromatic heterocycles. The lowest BCUT2D eigenvalue weighted by Crippen LogP contribution is -2.32.